The van der Waals surface area contributed by atoms with E-state index in [0.29, 0.717) is 28.3 Å². The number of nitrogens with one attached hydrogen (secondary N) is 1. The maximum absolute atomic E-state index is 13.6. The molecule has 0 fully saturated rings. The number of anilines is 1. The van der Waals surface area contributed by atoms with E-state index in [0.717, 1.165) is 4.68 Å². The number of halogens is 1. The van der Waals surface area contributed by atoms with E-state index in [1.807, 2.05) is 0 Å². The molecule has 0 atom stereocenters. The van der Waals surface area contributed by atoms with Crippen LogP contribution < -0.4 is 20.5 Å². The average Bonchev–Trinajstić information content (AvgIpc) is 3.49. The van der Waals surface area contributed by atoms with Crippen molar-refractivity contribution in [3.8, 4) is 34.3 Å². The highest BCUT2D eigenvalue weighted by Crippen LogP contribution is 2.26. The first-order chi connectivity index (χ1) is 17.4. The third-order valence-corrected chi connectivity index (χ3v) is 5.28. The number of fused-ring (bicyclic) bond motifs is 1. The van der Waals surface area contributed by atoms with Crippen molar-refractivity contribution >= 4 is 17.2 Å². The molecule has 1 N–H and O–H groups in total. The minimum Gasteiger partial charge on any atom is -0.497 e. The highest BCUT2D eigenvalue weighted by molar-refractivity contribution is 5.91. The zero-order valence-corrected chi connectivity index (χ0v) is 19.1. The fraction of sp³-hybridized carbons (Fsp3) is 0.125. The van der Waals surface area contributed by atoms with E-state index in [4.69, 9.17) is 14.0 Å². The molecule has 2 aromatic carbocycles. The standard InChI is InChI=1S/C24H19FN6O5/c1-34-17-10-16(11-18(12-17)35-2)26-20(32)13-31-24(33)30-8-4-7-19(22(30)28-31)23-27-21(29-36-23)14-5-3-6-15(25)9-14/h3-12H,13H2,1-2H3,(H,26,32). The topological polar surface area (TPSA) is 126 Å². The molecule has 0 saturated carbocycles. The lowest BCUT2D eigenvalue weighted by Crippen LogP contribution is -2.28. The van der Waals surface area contributed by atoms with Gasteiger partial charge in [-0.05, 0) is 24.3 Å². The molecule has 0 aliphatic carbocycles. The normalized spacial score (nSPS) is 11.0. The van der Waals surface area contributed by atoms with Crippen LogP contribution in [-0.4, -0.2) is 44.4 Å². The van der Waals surface area contributed by atoms with Crippen molar-refractivity contribution in [2.75, 3.05) is 19.5 Å². The molecule has 36 heavy (non-hydrogen) atoms. The van der Waals surface area contributed by atoms with Gasteiger partial charge in [-0.1, -0.05) is 17.3 Å². The second-order valence-corrected chi connectivity index (χ2v) is 7.64. The Hall–Kier alpha value is -5.00. The summed E-state index contributed by atoms with van der Waals surface area (Å²) in [5.41, 5.74) is 0.930. The quantitative estimate of drug-likeness (QED) is 0.369. The Morgan fingerprint density at radius 2 is 1.86 bits per heavy atom. The predicted octanol–water partition coefficient (Wildman–Crippen LogP) is 3.01. The van der Waals surface area contributed by atoms with E-state index in [9.17, 15) is 14.0 Å². The Labute approximate surface area is 202 Å². The number of pyridine rings is 1. The fourth-order valence-electron chi connectivity index (χ4n) is 3.60. The summed E-state index contributed by atoms with van der Waals surface area (Å²) in [5.74, 6) is 0.347. The summed E-state index contributed by atoms with van der Waals surface area (Å²) in [6.45, 7) is -0.349. The van der Waals surface area contributed by atoms with Crippen LogP contribution in [0.25, 0.3) is 28.5 Å². The number of hydrogen-bond acceptors (Lipinski definition) is 8. The van der Waals surface area contributed by atoms with E-state index in [1.165, 1.54) is 43.0 Å². The summed E-state index contributed by atoms with van der Waals surface area (Å²) in [6, 6.07) is 14.0. The number of hydrogen-bond donors (Lipinski definition) is 1. The van der Waals surface area contributed by atoms with E-state index in [-0.39, 0.29) is 23.9 Å². The summed E-state index contributed by atoms with van der Waals surface area (Å²) in [4.78, 5) is 29.9. The van der Waals surface area contributed by atoms with E-state index >= 15 is 0 Å². The largest absolute Gasteiger partial charge is 0.497 e. The summed E-state index contributed by atoms with van der Waals surface area (Å²) in [5, 5.41) is 10.9. The first-order valence-electron chi connectivity index (χ1n) is 10.7. The highest BCUT2D eigenvalue weighted by Gasteiger charge is 2.19. The third-order valence-electron chi connectivity index (χ3n) is 5.28. The van der Waals surface area contributed by atoms with Crippen molar-refractivity contribution in [3.63, 3.8) is 0 Å². The molecule has 0 aliphatic heterocycles. The van der Waals surface area contributed by atoms with Gasteiger partial charge in [-0.15, -0.1) is 5.10 Å². The van der Waals surface area contributed by atoms with Crippen LogP contribution in [0.15, 0.2) is 70.1 Å². The lowest BCUT2D eigenvalue weighted by Gasteiger charge is -2.09. The maximum Gasteiger partial charge on any atom is 0.350 e. The van der Waals surface area contributed by atoms with Gasteiger partial charge in [0.1, 0.15) is 23.9 Å². The highest BCUT2D eigenvalue weighted by atomic mass is 19.1. The number of carbonyl (C=O) groups excluding carboxylic acids is 1. The fourth-order valence-corrected chi connectivity index (χ4v) is 3.60. The lowest BCUT2D eigenvalue weighted by molar-refractivity contribution is -0.117. The number of amides is 1. The first-order valence-corrected chi connectivity index (χ1v) is 10.7. The number of nitrogens with zero attached hydrogens (tertiary/aromatic N) is 5. The molecular weight excluding hydrogens is 471 g/mol. The molecular formula is C24H19FN6O5. The number of rotatable bonds is 7. The minimum absolute atomic E-state index is 0.0879. The average molecular weight is 490 g/mol. The second kappa shape index (κ2) is 9.33. The van der Waals surface area contributed by atoms with Crippen molar-refractivity contribution in [2.45, 2.75) is 6.54 Å². The van der Waals surface area contributed by atoms with Gasteiger partial charge in [-0.3, -0.25) is 4.79 Å². The Morgan fingerprint density at radius 3 is 2.58 bits per heavy atom. The van der Waals surface area contributed by atoms with Crippen molar-refractivity contribution in [1.82, 2.24) is 24.3 Å². The molecule has 12 heteroatoms. The Balaban J connectivity index is 1.43. The number of carbonyl (C=O) groups is 1. The van der Waals surface area contributed by atoms with Gasteiger partial charge in [-0.2, -0.15) is 4.98 Å². The molecule has 0 saturated heterocycles. The molecule has 0 bridgehead atoms. The molecule has 1 amide bonds. The lowest BCUT2D eigenvalue weighted by atomic mass is 10.2. The summed E-state index contributed by atoms with van der Waals surface area (Å²) >= 11 is 0. The van der Waals surface area contributed by atoms with Crippen LogP contribution >= 0.6 is 0 Å². The van der Waals surface area contributed by atoms with Gasteiger partial charge in [0.25, 0.3) is 5.89 Å². The smallest absolute Gasteiger partial charge is 0.350 e. The molecule has 3 heterocycles. The minimum atomic E-state index is -0.532. The van der Waals surface area contributed by atoms with E-state index in [2.05, 4.69) is 20.6 Å². The van der Waals surface area contributed by atoms with Gasteiger partial charge >= 0.3 is 5.69 Å². The van der Waals surface area contributed by atoms with Gasteiger partial charge in [0.05, 0.1) is 19.8 Å². The number of aromatic nitrogens is 5. The van der Waals surface area contributed by atoms with E-state index in [1.54, 1.807) is 36.4 Å². The van der Waals surface area contributed by atoms with Gasteiger partial charge in [0, 0.05) is 35.6 Å². The van der Waals surface area contributed by atoms with E-state index < -0.39 is 17.4 Å². The Kier molecular flexibility index (Phi) is 5.90. The molecule has 5 rings (SSSR count). The molecule has 5 aromatic rings. The third kappa shape index (κ3) is 4.39. The Bertz CT molecular complexity index is 1620. The van der Waals surface area contributed by atoms with Crippen LogP contribution in [0.2, 0.25) is 0 Å². The SMILES string of the molecule is COc1cc(NC(=O)Cn2nc3c(-c4nc(-c5cccc(F)c5)no4)cccn3c2=O)cc(OC)c1. The first kappa shape index (κ1) is 22.8. The van der Waals surface area contributed by atoms with Crippen LogP contribution in [-0.2, 0) is 11.3 Å². The molecule has 11 nitrogen and oxygen atoms in total. The Morgan fingerprint density at radius 1 is 1.08 bits per heavy atom. The molecule has 0 unspecified atom stereocenters. The van der Waals surface area contributed by atoms with Gasteiger partial charge < -0.3 is 19.3 Å². The van der Waals surface area contributed by atoms with Crippen molar-refractivity contribution in [1.29, 1.82) is 0 Å². The van der Waals surface area contributed by atoms with Crippen molar-refractivity contribution in [2.24, 2.45) is 0 Å². The zero-order valence-electron chi connectivity index (χ0n) is 19.1. The number of ether oxygens (including phenoxy) is 2. The molecule has 0 aliphatic rings. The summed E-state index contributed by atoms with van der Waals surface area (Å²) < 4.78 is 31.6. The molecule has 182 valence electrons. The predicted molar refractivity (Wildman–Crippen MR) is 126 cm³/mol. The van der Waals surface area contributed by atoms with Crippen molar-refractivity contribution < 1.29 is 23.2 Å². The summed E-state index contributed by atoms with van der Waals surface area (Å²) in [7, 11) is 3.00. The summed E-state index contributed by atoms with van der Waals surface area (Å²) in [6.07, 6.45) is 1.51. The van der Waals surface area contributed by atoms with Crippen LogP contribution in [0.3, 0.4) is 0 Å². The van der Waals surface area contributed by atoms with Crippen LogP contribution in [0.5, 0.6) is 11.5 Å². The van der Waals surface area contributed by atoms with Crippen LogP contribution in [0, 0.1) is 5.82 Å². The second-order valence-electron chi connectivity index (χ2n) is 7.64. The molecule has 3 aromatic heterocycles. The monoisotopic (exact) mass is 490 g/mol. The van der Waals surface area contributed by atoms with Crippen LogP contribution in [0.4, 0.5) is 10.1 Å². The number of benzene rings is 2. The zero-order chi connectivity index (χ0) is 25.2. The molecule has 0 spiro atoms. The van der Waals surface area contributed by atoms with Crippen molar-refractivity contribution in [3.05, 3.63) is 77.1 Å². The van der Waals surface area contributed by atoms with Gasteiger partial charge in [-0.25, -0.2) is 18.3 Å². The van der Waals surface area contributed by atoms with Gasteiger partial charge in [0.15, 0.2) is 5.65 Å². The van der Waals surface area contributed by atoms with Gasteiger partial charge in [0.2, 0.25) is 11.7 Å². The number of methoxy groups -OCH3 is 2. The van der Waals surface area contributed by atoms with Crippen LogP contribution in [0.1, 0.15) is 0 Å². The maximum atomic E-state index is 13.6. The molecule has 0 radical (unpaired) electrons.